The lowest BCUT2D eigenvalue weighted by Crippen LogP contribution is -1.91. The van der Waals surface area contributed by atoms with Gasteiger partial charge < -0.3 is 14.7 Å². The lowest BCUT2D eigenvalue weighted by Gasteiger charge is -2.07. The fourth-order valence-corrected chi connectivity index (χ4v) is 1.63. The van der Waals surface area contributed by atoms with Crippen molar-refractivity contribution in [3.8, 4) is 17.0 Å². The first-order chi connectivity index (χ1) is 8.47. The van der Waals surface area contributed by atoms with E-state index < -0.39 is 5.97 Å². The van der Waals surface area contributed by atoms with Gasteiger partial charge in [0.25, 0.3) is 0 Å². The Balaban J connectivity index is 2.46. The van der Waals surface area contributed by atoms with E-state index in [2.05, 4.69) is 9.68 Å². The van der Waals surface area contributed by atoms with E-state index in [4.69, 9.17) is 5.11 Å². The summed E-state index contributed by atoms with van der Waals surface area (Å²) in [6, 6.07) is 6.39. The van der Waals surface area contributed by atoms with E-state index in [-0.39, 0.29) is 17.4 Å². The molecule has 94 valence electrons. The van der Waals surface area contributed by atoms with Crippen molar-refractivity contribution in [2.24, 2.45) is 0 Å². The Bertz CT molecular complexity index is 586. The summed E-state index contributed by atoms with van der Waals surface area (Å²) < 4.78 is 4.69. The van der Waals surface area contributed by atoms with Gasteiger partial charge >= 0.3 is 5.97 Å². The smallest absolute Gasteiger partial charge is 0.374 e. The van der Waals surface area contributed by atoms with Gasteiger partial charge in [0.15, 0.2) is 0 Å². The van der Waals surface area contributed by atoms with Crippen LogP contribution in [0.5, 0.6) is 5.75 Å². The van der Waals surface area contributed by atoms with Gasteiger partial charge in [-0.3, -0.25) is 0 Å². The van der Waals surface area contributed by atoms with Gasteiger partial charge in [0.1, 0.15) is 11.4 Å². The van der Waals surface area contributed by atoms with Crippen LogP contribution < -0.4 is 0 Å². The van der Waals surface area contributed by atoms with E-state index >= 15 is 0 Å². The predicted octanol–water partition coefficient (Wildman–Crippen LogP) is 2.87. The summed E-state index contributed by atoms with van der Waals surface area (Å²) in [7, 11) is 0. The molecule has 0 spiro atoms. The molecule has 1 aromatic carbocycles. The van der Waals surface area contributed by atoms with Crippen LogP contribution in [0.15, 0.2) is 28.8 Å². The number of aromatic carboxylic acids is 1. The first kappa shape index (κ1) is 12.2. The molecular formula is C13H13NO4. The molecule has 0 aliphatic rings. The molecule has 2 aromatic rings. The third-order valence-corrected chi connectivity index (χ3v) is 2.62. The second-order valence-electron chi connectivity index (χ2n) is 4.35. The molecule has 0 saturated carbocycles. The quantitative estimate of drug-likeness (QED) is 0.871. The minimum absolute atomic E-state index is 0.121. The Labute approximate surface area is 104 Å². The lowest BCUT2D eigenvalue weighted by atomic mass is 9.99. The van der Waals surface area contributed by atoms with Gasteiger partial charge in [0, 0.05) is 11.6 Å². The summed E-state index contributed by atoms with van der Waals surface area (Å²) in [5, 5.41) is 22.1. The highest BCUT2D eigenvalue weighted by molar-refractivity contribution is 5.85. The molecule has 5 heteroatoms. The summed E-state index contributed by atoms with van der Waals surface area (Å²) in [5.74, 6) is -1.02. The molecule has 0 saturated heterocycles. The number of benzene rings is 1. The summed E-state index contributed by atoms with van der Waals surface area (Å²) >= 11 is 0. The molecule has 5 nitrogen and oxygen atoms in total. The maximum atomic E-state index is 10.7. The van der Waals surface area contributed by atoms with Crippen molar-refractivity contribution in [3.05, 3.63) is 35.6 Å². The highest BCUT2D eigenvalue weighted by atomic mass is 16.5. The minimum Gasteiger partial charge on any atom is -0.508 e. The van der Waals surface area contributed by atoms with Crippen LogP contribution in [0, 0.1) is 0 Å². The van der Waals surface area contributed by atoms with Crippen molar-refractivity contribution < 1.29 is 19.5 Å². The van der Waals surface area contributed by atoms with Gasteiger partial charge in [0.05, 0.1) is 0 Å². The molecule has 0 fully saturated rings. The summed E-state index contributed by atoms with van der Waals surface area (Å²) in [6.07, 6.45) is 0. The van der Waals surface area contributed by atoms with Crippen molar-refractivity contribution in [3.63, 3.8) is 0 Å². The second kappa shape index (κ2) is 4.52. The Hall–Kier alpha value is -2.30. The molecule has 0 unspecified atom stereocenters. The van der Waals surface area contributed by atoms with Gasteiger partial charge in [-0.25, -0.2) is 4.79 Å². The zero-order valence-electron chi connectivity index (χ0n) is 10.0. The number of nitrogens with zero attached hydrogens (tertiary/aromatic N) is 1. The first-order valence-corrected chi connectivity index (χ1v) is 5.51. The van der Waals surface area contributed by atoms with Crippen LogP contribution in [0.4, 0.5) is 0 Å². The van der Waals surface area contributed by atoms with Crippen molar-refractivity contribution >= 4 is 5.97 Å². The molecule has 0 radical (unpaired) electrons. The average Bonchev–Trinajstić information content (AvgIpc) is 2.77. The normalized spacial score (nSPS) is 10.8. The topological polar surface area (TPSA) is 83.6 Å². The maximum absolute atomic E-state index is 10.7. The number of carboxylic acid groups (broad SMARTS) is 1. The van der Waals surface area contributed by atoms with E-state index in [1.165, 1.54) is 12.1 Å². The molecule has 0 bridgehead atoms. The van der Waals surface area contributed by atoms with Crippen LogP contribution in [0.25, 0.3) is 11.3 Å². The third-order valence-electron chi connectivity index (χ3n) is 2.62. The Morgan fingerprint density at radius 1 is 1.28 bits per heavy atom. The van der Waals surface area contributed by atoms with Crippen LogP contribution in [-0.2, 0) is 0 Å². The molecule has 0 aliphatic heterocycles. The summed E-state index contributed by atoms with van der Waals surface area (Å²) in [5.41, 5.74) is 1.98. The third kappa shape index (κ3) is 2.34. The number of carboxylic acids is 1. The summed E-state index contributed by atoms with van der Waals surface area (Å²) in [6.45, 7) is 4.01. The zero-order chi connectivity index (χ0) is 13.3. The number of phenols is 1. The standard InChI is InChI=1S/C13H13NO4/c1-7(2)8-3-9(5-10(15)4-8)11-6-12(13(16)17)18-14-11/h3-7,15H,1-2H3,(H,16,17). The Morgan fingerprint density at radius 3 is 2.56 bits per heavy atom. The van der Waals surface area contributed by atoms with Crippen LogP contribution in [0.2, 0.25) is 0 Å². The lowest BCUT2D eigenvalue weighted by molar-refractivity contribution is 0.0652. The number of carbonyl (C=O) groups is 1. The number of aromatic hydroxyl groups is 1. The van der Waals surface area contributed by atoms with Gasteiger partial charge in [-0.1, -0.05) is 19.0 Å². The minimum atomic E-state index is -1.17. The molecule has 2 N–H and O–H groups in total. The molecule has 18 heavy (non-hydrogen) atoms. The highest BCUT2D eigenvalue weighted by Crippen LogP contribution is 2.28. The fraction of sp³-hybridized carbons (Fsp3) is 0.231. The molecule has 0 amide bonds. The van der Waals surface area contributed by atoms with Crippen molar-refractivity contribution in [2.75, 3.05) is 0 Å². The van der Waals surface area contributed by atoms with E-state index in [1.807, 2.05) is 19.9 Å². The average molecular weight is 247 g/mol. The van der Waals surface area contributed by atoms with E-state index in [1.54, 1.807) is 6.07 Å². The number of rotatable bonds is 3. The molecule has 0 aliphatic carbocycles. The van der Waals surface area contributed by atoms with Crippen LogP contribution in [0.1, 0.15) is 35.9 Å². The van der Waals surface area contributed by atoms with Crippen molar-refractivity contribution in [1.82, 2.24) is 5.16 Å². The molecule has 1 aromatic heterocycles. The van der Waals surface area contributed by atoms with Gasteiger partial charge in [-0.15, -0.1) is 0 Å². The number of aromatic nitrogens is 1. The van der Waals surface area contributed by atoms with Crippen LogP contribution in [0.3, 0.4) is 0 Å². The van der Waals surface area contributed by atoms with Crippen LogP contribution in [-0.4, -0.2) is 21.3 Å². The number of hydrogen-bond donors (Lipinski definition) is 2. The maximum Gasteiger partial charge on any atom is 0.374 e. The predicted molar refractivity (Wildman–Crippen MR) is 64.7 cm³/mol. The molecule has 0 atom stereocenters. The largest absolute Gasteiger partial charge is 0.508 e. The first-order valence-electron chi connectivity index (χ1n) is 5.51. The molecule has 2 rings (SSSR count). The SMILES string of the molecule is CC(C)c1cc(O)cc(-c2cc(C(=O)O)on2)c1. The van der Waals surface area contributed by atoms with Gasteiger partial charge in [-0.05, 0) is 29.7 Å². The van der Waals surface area contributed by atoms with Gasteiger partial charge in [-0.2, -0.15) is 0 Å². The van der Waals surface area contributed by atoms with E-state index in [0.29, 0.717) is 11.3 Å². The van der Waals surface area contributed by atoms with Crippen LogP contribution >= 0.6 is 0 Å². The molecular weight excluding hydrogens is 234 g/mol. The fourth-order valence-electron chi connectivity index (χ4n) is 1.63. The Kier molecular flexibility index (Phi) is 3.06. The number of hydrogen-bond acceptors (Lipinski definition) is 4. The number of phenolic OH excluding ortho intramolecular Hbond substituents is 1. The van der Waals surface area contributed by atoms with Crippen molar-refractivity contribution in [1.29, 1.82) is 0 Å². The Morgan fingerprint density at radius 2 is 2.00 bits per heavy atom. The van der Waals surface area contributed by atoms with Crippen molar-refractivity contribution in [2.45, 2.75) is 19.8 Å². The second-order valence-corrected chi connectivity index (χ2v) is 4.35. The monoisotopic (exact) mass is 247 g/mol. The zero-order valence-corrected chi connectivity index (χ0v) is 10.0. The highest BCUT2D eigenvalue weighted by Gasteiger charge is 2.14. The van der Waals surface area contributed by atoms with E-state index in [9.17, 15) is 9.90 Å². The molecule has 1 heterocycles. The van der Waals surface area contributed by atoms with Gasteiger partial charge in [0.2, 0.25) is 5.76 Å². The van der Waals surface area contributed by atoms with E-state index in [0.717, 1.165) is 5.56 Å². The summed E-state index contributed by atoms with van der Waals surface area (Å²) in [4.78, 5) is 10.7.